The molecule has 0 saturated heterocycles. The van der Waals surface area contributed by atoms with Crippen molar-refractivity contribution in [1.29, 1.82) is 0 Å². The lowest BCUT2D eigenvalue weighted by atomic mass is 10.1. The summed E-state index contributed by atoms with van der Waals surface area (Å²) >= 11 is 0. The number of carbonyl (C=O) groups excluding carboxylic acids is 1. The van der Waals surface area contributed by atoms with E-state index >= 15 is 0 Å². The number of hydrogen-bond acceptors (Lipinski definition) is 4. The van der Waals surface area contributed by atoms with E-state index in [1.807, 2.05) is 13.8 Å². The van der Waals surface area contributed by atoms with Gasteiger partial charge in [-0.15, -0.1) is 5.10 Å². The summed E-state index contributed by atoms with van der Waals surface area (Å²) in [5, 5.41) is 16.2. The number of carbonyl (C=O) groups is 2. The van der Waals surface area contributed by atoms with Gasteiger partial charge in [-0.3, -0.25) is 4.79 Å². The van der Waals surface area contributed by atoms with Crippen LogP contribution >= 0.6 is 0 Å². The standard InChI is InChI=1S/C9H14N4O3/c1-5(2)8-7(9(15)16)11-12-13(8)4-3-6(10)14/h5H,3-4H2,1-2H3,(H2,10,14)(H,15,16). The van der Waals surface area contributed by atoms with Crippen LogP contribution in [0.5, 0.6) is 0 Å². The van der Waals surface area contributed by atoms with E-state index in [1.165, 1.54) is 4.68 Å². The van der Waals surface area contributed by atoms with Crippen molar-refractivity contribution in [3.8, 4) is 0 Å². The lowest BCUT2D eigenvalue weighted by Crippen LogP contribution is -2.17. The zero-order chi connectivity index (χ0) is 12.3. The lowest BCUT2D eigenvalue weighted by molar-refractivity contribution is -0.118. The molecule has 0 aliphatic carbocycles. The normalized spacial score (nSPS) is 10.7. The second-order valence-electron chi connectivity index (χ2n) is 3.72. The summed E-state index contributed by atoms with van der Waals surface area (Å²) in [4.78, 5) is 21.5. The van der Waals surface area contributed by atoms with E-state index in [-0.39, 0.29) is 24.6 Å². The van der Waals surface area contributed by atoms with Crippen molar-refractivity contribution in [1.82, 2.24) is 15.0 Å². The van der Waals surface area contributed by atoms with Crippen molar-refractivity contribution in [2.45, 2.75) is 32.7 Å². The number of aromatic carboxylic acids is 1. The fraction of sp³-hybridized carbons (Fsp3) is 0.556. The van der Waals surface area contributed by atoms with Gasteiger partial charge < -0.3 is 10.8 Å². The molecule has 7 nitrogen and oxygen atoms in total. The van der Waals surface area contributed by atoms with Crippen molar-refractivity contribution in [2.75, 3.05) is 0 Å². The Kier molecular flexibility index (Phi) is 3.60. The number of carboxylic acids is 1. The minimum absolute atomic E-state index is 0.0334. The van der Waals surface area contributed by atoms with Gasteiger partial charge in [-0.1, -0.05) is 19.1 Å². The summed E-state index contributed by atoms with van der Waals surface area (Å²) in [7, 11) is 0. The van der Waals surface area contributed by atoms with E-state index in [2.05, 4.69) is 10.3 Å². The Bertz CT molecular complexity index is 411. The van der Waals surface area contributed by atoms with Crippen molar-refractivity contribution in [3.05, 3.63) is 11.4 Å². The Morgan fingerprint density at radius 3 is 2.56 bits per heavy atom. The van der Waals surface area contributed by atoms with Gasteiger partial charge in [0, 0.05) is 6.42 Å². The Balaban J connectivity index is 3.00. The summed E-state index contributed by atoms with van der Waals surface area (Å²) in [5.41, 5.74) is 5.45. The smallest absolute Gasteiger partial charge is 0.358 e. The van der Waals surface area contributed by atoms with Gasteiger partial charge in [-0.05, 0) is 5.92 Å². The summed E-state index contributed by atoms with van der Waals surface area (Å²) in [5.74, 6) is -1.61. The van der Waals surface area contributed by atoms with E-state index < -0.39 is 11.9 Å². The Hall–Kier alpha value is -1.92. The van der Waals surface area contributed by atoms with Gasteiger partial charge in [-0.2, -0.15) is 0 Å². The maximum absolute atomic E-state index is 10.9. The third kappa shape index (κ3) is 2.56. The number of hydrogen-bond donors (Lipinski definition) is 2. The average Bonchev–Trinajstić information content (AvgIpc) is 2.57. The van der Waals surface area contributed by atoms with Crippen molar-refractivity contribution in [3.63, 3.8) is 0 Å². The molecule has 88 valence electrons. The van der Waals surface area contributed by atoms with Crippen LogP contribution < -0.4 is 5.73 Å². The maximum atomic E-state index is 10.9. The summed E-state index contributed by atoms with van der Waals surface area (Å²) in [6, 6.07) is 0. The topological polar surface area (TPSA) is 111 Å². The van der Waals surface area contributed by atoms with E-state index in [0.29, 0.717) is 5.69 Å². The number of primary amides is 1. The molecule has 1 aromatic rings. The highest BCUT2D eigenvalue weighted by Gasteiger charge is 2.21. The van der Waals surface area contributed by atoms with Crippen LogP contribution in [0.25, 0.3) is 0 Å². The highest BCUT2D eigenvalue weighted by atomic mass is 16.4. The van der Waals surface area contributed by atoms with Crippen LogP contribution in [0.4, 0.5) is 0 Å². The molecule has 3 N–H and O–H groups in total. The Labute approximate surface area is 92.2 Å². The van der Waals surface area contributed by atoms with Gasteiger partial charge in [0.05, 0.1) is 12.2 Å². The molecule has 0 spiro atoms. The van der Waals surface area contributed by atoms with Gasteiger partial charge >= 0.3 is 5.97 Å². The predicted octanol–water partition coefficient (Wildman–Crippen LogP) is -0.0249. The van der Waals surface area contributed by atoms with Crippen LogP contribution in [-0.4, -0.2) is 32.0 Å². The van der Waals surface area contributed by atoms with Crippen molar-refractivity contribution >= 4 is 11.9 Å². The first kappa shape index (κ1) is 12.2. The fourth-order valence-corrected chi connectivity index (χ4v) is 1.43. The largest absolute Gasteiger partial charge is 0.476 e. The maximum Gasteiger partial charge on any atom is 0.358 e. The second kappa shape index (κ2) is 4.73. The Morgan fingerprint density at radius 1 is 1.50 bits per heavy atom. The molecule has 0 saturated carbocycles. The quantitative estimate of drug-likeness (QED) is 0.732. The number of rotatable bonds is 5. The van der Waals surface area contributed by atoms with Gasteiger partial charge in [0.1, 0.15) is 0 Å². The van der Waals surface area contributed by atoms with Crippen LogP contribution in [0, 0.1) is 0 Å². The molecule has 0 bridgehead atoms. The zero-order valence-corrected chi connectivity index (χ0v) is 9.17. The third-order valence-electron chi connectivity index (χ3n) is 2.09. The number of amides is 1. The summed E-state index contributed by atoms with van der Waals surface area (Å²) in [6.45, 7) is 3.93. The number of nitrogens with zero attached hydrogens (tertiary/aromatic N) is 3. The number of aryl methyl sites for hydroxylation is 1. The summed E-state index contributed by atoms with van der Waals surface area (Å²) in [6.07, 6.45) is 0.113. The minimum Gasteiger partial charge on any atom is -0.476 e. The molecule has 0 aliphatic rings. The van der Waals surface area contributed by atoms with E-state index in [9.17, 15) is 9.59 Å². The van der Waals surface area contributed by atoms with Gasteiger partial charge in [0.15, 0.2) is 5.69 Å². The molecular weight excluding hydrogens is 212 g/mol. The van der Waals surface area contributed by atoms with E-state index in [1.54, 1.807) is 0 Å². The molecule has 0 atom stereocenters. The number of aromatic nitrogens is 3. The van der Waals surface area contributed by atoms with Crippen LogP contribution in [0.2, 0.25) is 0 Å². The number of carboxylic acid groups (broad SMARTS) is 1. The highest BCUT2D eigenvalue weighted by Crippen LogP contribution is 2.17. The minimum atomic E-state index is -1.12. The highest BCUT2D eigenvalue weighted by molar-refractivity contribution is 5.86. The van der Waals surface area contributed by atoms with Crippen LogP contribution in [0.3, 0.4) is 0 Å². The molecule has 7 heteroatoms. The number of nitrogens with two attached hydrogens (primary N) is 1. The molecule has 16 heavy (non-hydrogen) atoms. The van der Waals surface area contributed by atoms with Gasteiger partial charge in [-0.25, -0.2) is 9.48 Å². The van der Waals surface area contributed by atoms with Crippen LogP contribution in [-0.2, 0) is 11.3 Å². The molecule has 1 aromatic heterocycles. The molecule has 0 aromatic carbocycles. The first-order valence-electron chi connectivity index (χ1n) is 4.88. The predicted molar refractivity (Wildman–Crippen MR) is 54.9 cm³/mol. The van der Waals surface area contributed by atoms with Crippen molar-refractivity contribution < 1.29 is 14.7 Å². The van der Waals surface area contributed by atoms with Gasteiger partial charge in [0.2, 0.25) is 5.91 Å². The molecule has 0 radical (unpaired) electrons. The average molecular weight is 226 g/mol. The molecule has 1 amide bonds. The SMILES string of the molecule is CC(C)c1c(C(=O)O)nnn1CCC(N)=O. The van der Waals surface area contributed by atoms with E-state index in [0.717, 1.165) is 0 Å². The lowest BCUT2D eigenvalue weighted by Gasteiger charge is -2.08. The van der Waals surface area contributed by atoms with E-state index in [4.69, 9.17) is 10.8 Å². The molecule has 0 aliphatic heterocycles. The second-order valence-corrected chi connectivity index (χ2v) is 3.72. The monoisotopic (exact) mass is 226 g/mol. The van der Waals surface area contributed by atoms with Crippen LogP contribution in [0.1, 0.15) is 42.4 Å². The molecule has 0 unspecified atom stereocenters. The first-order valence-corrected chi connectivity index (χ1v) is 4.88. The Morgan fingerprint density at radius 2 is 2.12 bits per heavy atom. The molecule has 1 rings (SSSR count). The fourth-order valence-electron chi connectivity index (χ4n) is 1.43. The first-order chi connectivity index (χ1) is 7.43. The third-order valence-corrected chi connectivity index (χ3v) is 2.09. The molecule has 1 heterocycles. The molecular formula is C9H14N4O3. The van der Waals surface area contributed by atoms with Gasteiger partial charge in [0.25, 0.3) is 0 Å². The van der Waals surface area contributed by atoms with Crippen molar-refractivity contribution in [2.24, 2.45) is 5.73 Å². The molecule has 0 fully saturated rings. The zero-order valence-electron chi connectivity index (χ0n) is 9.17. The summed E-state index contributed by atoms with van der Waals surface area (Å²) < 4.78 is 1.42. The van der Waals surface area contributed by atoms with Crippen LogP contribution in [0.15, 0.2) is 0 Å².